The predicted molar refractivity (Wildman–Crippen MR) is 126 cm³/mol. The second-order valence-electron chi connectivity index (χ2n) is 7.03. The van der Waals surface area contributed by atoms with E-state index in [-0.39, 0.29) is 11.8 Å². The van der Waals surface area contributed by atoms with Gasteiger partial charge in [0.05, 0.1) is 11.3 Å². The zero-order valence-electron chi connectivity index (χ0n) is 16.2. The second-order valence-corrected chi connectivity index (χ2v) is 9.62. The summed E-state index contributed by atoms with van der Waals surface area (Å²) in [7, 11) is 0. The summed E-state index contributed by atoms with van der Waals surface area (Å²) in [6, 6.07) is 16.8. The summed E-state index contributed by atoms with van der Waals surface area (Å²) < 4.78 is 0. The molecule has 0 radical (unpaired) electrons. The number of nitrogens with one attached hydrogen (secondary N) is 2. The number of anilines is 2. The molecule has 0 aliphatic heterocycles. The lowest BCUT2D eigenvalue weighted by atomic mass is 9.95. The van der Waals surface area contributed by atoms with Gasteiger partial charge in [0.25, 0.3) is 5.91 Å². The van der Waals surface area contributed by atoms with Gasteiger partial charge in [-0.15, -0.1) is 23.1 Å². The van der Waals surface area contributed by atoms with Gasteiger partial charge in [0.15, 0.2) is 0 Å². The third-order valence-corrected chi connectivity index (χ3v) is 7.34. The van der Waals surface area contributed by atoms with Crippen LogP contribution < -0.4 is 10.6 Å². The van der Waals surface area contributed by atoms with Crippen molar-refractivity contribution in [3.63, 3.8) is 0 Å². The molecule has 154 valence electrons. The molecule has 1 aromatic heterocycles. The number of halogens is 1. The quantitative estimate of drug-likeness (QED) is 0.430. The molecule has 4 nitrogen and oxygen atoms in total. The number of aryl methyl sites for hydroxylation is 1. The number of thiophene rings is 1. The minimum absolute atomic E-state index is 0.108. The van der Waals surface area contributed by atoms with Gasteiger partial charge in [0, 0.05) is 20.5 Å². The molecule has 1 heterocycles. The molecule has 2 amide bonds. The fraction of sp³-hybridized carbons (Fsp3) is 0.217. The number of rotatable bonds is 6. The van der Waals surface area contributed by atoms with Crippen LogP contribution in [0.3, 0.4) is 0 Å². The van der Waals surface area contributed by atoms with Crippen molar-refractivity contribution in [1.29, 1.82) is 0 Å². The van der Waals surface area contributed by atoms with Crippen molar-refractivity contribution in [2.75, 3.05) is 16.4 Å². The topological polar surface area (TPSA) is 58.2 Å². The van der Waals surface area contributed by atoms with Gasteiger partial charge < -0.3 is 10.6 Å². The van der Waals surface area contributed by atoms with Gasteiger partial charge in [-0.05, 0) is 67.6 Å². The molecule has 7 heteroatoms. The molecule has 0 saturated carbocycles. The van der Waals surface area contributed by atoms with Crippen LogP contribution in [0, 0.1) is 0 Å². The molecule has 0 bridgehead atoms. The largest absolute Gasteiger partial charge is 0.322 e. The van der Waals surface area contributed by atoms with Crippen LogP contribution in [0.2, 0.25) is 5.02 Å². The van der Waals surface area contributed by atoms with E-state index in [4.69, 9.17) is 11.6 Å². The molecule has 0 saturated heterocycles. The van der Waals surface area contributed by atoms with Gasteiger partial charge in [-0.1, -0.05) is 29.8 Å². The third kappa shape index (κ3) is 5.06. The summed E-state index contributed by atoms with van der Waals surface area (Å²) >= 11 is 8.95. The maximum absolute atomic E-state index is 13.1. The number of fused-ring (bicyclic) bond motifs is 1. The molecular formula is C23H21ClN2O2S2. The number of hydrogen-bond acceptors (Lipinski definition) is 4. The van der Waals surface area contributed by atoms with Crippen molar-refractivity contribution < 1.29 is 9.59 Å². The van der Waals surface area contributed by atoms with Gasteiger partial charge >= 0.3 is 0 Å². The molecule has 0 spiro atoms. The first-order valence-electron chi connectivity index (χ1n) is 9.79. The van der Waals surface area contributed by atoms with E-state index >= 15 is 0 Å². The van der Waals surface area contributed by atoms with Crippen LogP contribution in [0.15, 0.2) is 59.5 Å². The highest BCUT2D eigenvalue weighted by atomic mass is 35.5. The number of carbonyl (C=O) groups excluding carboxylic acids is 2. The average molecular weight is 457 g/mol. The van der Waals surface area contributed by atoms with Crippen LogP contribution in [0.1, 0.15) is 33.6 Å². The van der Waals surface area contributed by atoms with E-state index in [1.807, 2.05) is 30.3 Å². The Morgan fingerprint density at radius 2 is 1.70 bits per heavy atom. The van der Waals surface area contributed by atoms with Crippen molar-refractivity contribution in [3.05, 3.63) is 75.6 Å². The highest BCUT2D eigenvalue weighted by Crippen LogP contribution is 2.38. The molecule has 3 aromatic rings. The van der Waals surface area contributed by atoms with Crippen LogP contribution in [-0.4, -0.2) is 17.6 Å². The highest BCUT2D eigenvalue weighted by molar-refractivity contribution is 8.00. The zero-order chi connectivity index (χ0) is 20.9. The molecule has 2 N–H and O–H groups in total. The lowest BCUT2D eigenvalue weighted by Crippen LogP contribution is -2.19. The Morgan fingerprint density at radius 1 is 0.967 bits per heavy atom. The number of hydrogen-bond donors (Lipinski definition) is 2. The van der Waals surface area contributed by atoms with Crippen LogP contribution in [-0.2, 0) is 17.6 Å². The first-order chi connectivity index (χ1) is 14.6. The van der Waals surface area contributed by atoms with Gasteiger partial charge in [-0.2, -0.15) is 0 Å². The van der Waals surface area contributed by atoms with E-state index in [9.17, 15) is 9.59 Å². The first-order valence-corrected chi connectivity index (χ1v) is 12.0. The third-order valence-electron chi connectivity index (χ3n) is 4.87. The number of benzene rings is 2. The molecular weight excluding hydrogens is 436 g/mol. The average Bonchev–Trinajstić information content (AvgIpc) is 3.12. The van der Waals surface area contributed by atoms with Gasteiger partial charge in [-0.3, -0.25) is 9.59 Å². The monoisotopic (exact) mass is 456 g/mol. The van der Waals surface area contributed by atoms with Crippen LogP contribution in [0.25, 0.3) is 0 Å². The fourth-order valence-corrected chi connectivity index (χ4v) is 5.60. The van der Waals surface area contributed by atoms with Crippen molar-refractivity contribution in [2.45, 2.75) is 30.6 Å². The number of thioether (sulfide) groups is 1. The van der Waals surface area contributed by atoms with Gasteiger partial charge in [0.2, 0.25) is 5.91 Å². The summed E-state index contributed by atoms with van der Waals surface area (Å²) in [4.78, 5) is 28.0. The molecule has 2 aromatic carbocycles. The lowest BCUT2D eigenvalue weighted by Gasteiger charge is -2.13. The van der Waals surface area contributed by atoms with E-state index in [0.29, 0.717) is 27.0 Å². The molecule has 30 heavy (non-hydrogen) atoms. The Hall–Kier alpha value is -2.28. The Bertz CT molecular complexity index is 1050. The normalized spacial score (nSPS) is 12.8. The molecule has 0 unspecified atom stereocenters. The van der Waals surface area contributed by atoms with E-state index in [1.165, 1.54) is 28.0 Å². The maximum atomic E-state index is 13.1. The number of amides is 2. The van der Waals surface area contributed by atoms with E-state index < -0.39 is 0 Å². The lowest BCUT2D eigenvalue weighted by molar-refractivity contribution is -0.113. The predicted octanol–water partition coefficient (Wildman–Crippen LogP) is 6.26. The molecule has 1 aliphatic carbocycles. The van der Waals surface area contributed by atoms with E-state index in [1.54, 1.807) is 24.3 Å². The minimum atomic E-state index is -0.192. The Kier molecular flexibility index (Phi) is 6.77. The van der Waals surface area contributed by atoms with Crippen molar-refractivity contribution in [3.8, 4) is 0 Å². The van der Waals surface area contributed by atoms with E-state index in [0.717, 1.165) is 36.1 Å². The summed E-state index contributed by atoms with van der Waals surface area (Å²) in [5.74, 6) is -0.00380. The molecule has 0 atom stereocenters. The molecule has 4 rings (SSSR count). The van der Waals surface area contributed by atoms with Crippen molar-refractivity contribution >= 4 is 57.2 Å². The highest BCUT2D eigenvalue weighted by Gasteiger charge is 2.26. The summed E-state index contributed by atoms with van der Waals surface area (Å²) in [6.07, 6.45) is 3.99. The maximum Gasteiger partial charge on any atom is 0.258 e. The van der Waals surface area contributed by atoms with E-state index in [2.05, 4.69) is 10.6 Å². The molecule has 0 fully saturated rings. The first kappa shape index (κ1) is 21.0. The fourth-order valence-electron chi connectivity index (χ4n) is 3.45. The number of carbonyl (C=O) groups is 2. The van der Waals surface area contributed by atoms with Crippen LogP contribution in [0.4, 0.5) is 10.7 Å². The van der Waals surface area contributed by atoms with Crippen molar-refractivity contribution in [1.82, 2.24) is 0 Å². The minimum Gasteiger partial charge on any atom is -0.322 e. The molecule has 1 aliphatic rings. The summed E-state index contributed by atoms with van der Waals surface area (Å²) in [5, 5.41) is 7.20. The van der Waals surface area contributed by atoms with Crippen LogP contribution in [0.5, 0.6) is 0 Å². The Balaban J connectivity index is 1.52. The standard InChI is InChI=1S/C23H21ClN2O2S2/c24-15-10-12-16(13-11-15)25-22(28)21-18-8-4-5-9-19(18)30-23(21)26-20(27)14-29-17-6-2-1-3-7-17/h1-3,6-7,10-13H,4-5,8-9,14H2,(H,25,28)(H,26,27). The van der Waals surface area contributed by atoms with Crippen LogP contribution >= 0.6 is 34.7 Å². The zero-order valence-corrected chi connectivity index (χ0v) is 18.6. The summed E-state index contributed by atoms with van der Waals surface area (Å²) in [5.41, 5.74) is 2.35. The SMILES string of the molecule is O=C(CSc1ccccc1)Nc1sc2c(c1C(=O)Nc1ccc(Cl)cc1)CCCC2. The van der Waals surface area contributed by atoms with Gasteiger partial charge in [0.1, 0.15) is 5.00 Å². The smallest absolute Gasteiger partial charge is 0.258 e. The van der Waals surface area contributed by atoms with Gasteiger partial charge in [-0.25, -0.2) is 0 Å². The van der Waals surface area contributed by atoms with Crippen molar-refractivity contribution in [2.24, 2.45) is 0 Å². The summed E-state index contributed by atoms with van der Waals surface area (Å²) in [6.45, 7) is 0. The Morgan fingerprint density at radius 3 is 2.47 bits per heavy atom. The second kappa shape index (κ2) is 9.69. The Labute approximate surface area is 189 Å².